The Balaban J connectivity index is 1.91. The van der Waals surface area contributed by atoms with Gasteiger partial charge in [-0.05, 0) is 46.3 Å². The smallest absolute Gasteiger partial charge is 0.331 e. The van der Waals surface area contributed by atoms with Crippen LogP contribution in [0.15, 0.2) is 45.5 Å². The van der Waals surface area contributed by atoms with Gasteiger partial charge in [-0.1, -0.05) is 0 Å². The fourth-order valence-electron chi connectivity index (χ4n) is 1.83. The van der Waals surface area contributed by atoms with Gasteiger partial charge in [-0.3, -0.25) is 14.9 Å². The molecule has 0 unspecified atom stereocenters. The molecule has 0 aliphatic carbocycles. The number of nitro benzene ring substituents is 1. The average molecular weight is 425 g/mol. The molecule has 136 valence electrons. The SMILES string of the molecule is COc1ccc(NC(=O)COC(=O)/C=C/c2ccc(Br)o2)c([N+](=O)[O-])c1. The third-order valence-corrected chi connectivity index (χ3v) is 3.43. The number of hydrogen-bond donors (Lipinski definition) is 1. The minimum atomic E-state index is -0.767. The molecular weight excluding hydrogens is 412 g/mol. The van der Waals surface area contributed by atoms with Crippen LogP contribution in [0.25, 0.3) is 6.08 Å². The van der Waals surface area contributed by atoms with E-state index < -0.39 is 23.4 Å². The standard InChI is InChI=1S/C16H13BrN2O7/c1-24-11-2-5-12(13(8-11)19(22)23)18-15(20)9-25-16(21)7-4-10-3-6-14(17)26-10/h2-8H,9H2,1H3,(H,18,20)/b7-4+. The Morgan fingerprint density at radius 2 is 2.12 bits per heavy atom. The Kier molecular flexibility index (Phi) is 6.50. The maximum atomic E-state index is 11.8. The number of carbonyl (C=O) groups is 2. The number of anilines is 1. The van der Waals surface area contributed by atoms with Crippen molar-refractivity contribution >= 4 is 45.3 Å². The summed E-state index contributed by atoms with van der Waals surface area (Å²) in [5.41, 5.74) is -0.375. The number of methoxy groups -OCH3 is 1. The summed E-state index contributed by atoms with van der Waals surface area (Å²) in [4.78, 5) is 33.8. The monoisotopic (exact) mass is 424 g/mol. The van der Waals surface area contributed by atoms with E-state index in [9.17, 15) is 19.7 Å². The van der Waals surface area contributed by atoms with Crippen molar-refractivity contribution in [1.29, 1.82) is 0 Å². The van der Waals surface area contributed by atoms with Crippen LogP contribution in [0.3, 0.4) is 0 Å². The maximum absolute atomic E-state index is 11.8. The lowest BCUT2D eigenvalue weighted by molar-refractivity contribution is -0.384. The normalized spacial score (nSPS) is 10.5. The van der Waals surface area contributed by atoms with Crippen LogP contribution in [-0.4, -0.2) is 30.5 Å². The van der Waals surface area contributed by atoms with Crippen molar-refractivity contribution < 1.29 is 28.4 Å². The van der Waals surface area contributed by atoms with Gasteiger partial charge in [-0.15, -0.1) is 0 Å². The fraction of sp³-hybridized carbons (Fsp3) is 0.125. The van der Waals surface area contributed by atoms with E-state index >= 15 is 0 Å². The predicted molar refractivity (Wildman–Crippen MR) is 94.7 cm³/mol. The number of amides is 1. The molecular formula is C16H13BrN2O7. The molecule has 0 aliphatic rings. The number of esters is 1. The van der Waals surface area contributed by atoms with Crippen LogP contribution in [0, 0.1) is 10.1 Å². The molecule has 1 N–H and O–H groups in total. The van der Waals surface area contributed by atoms with Crippen LogP contribution < -0.4 is 10.1 Å². The van der Waals surface area contributed by atoms with Crippen LogP contribution in [0.5, 0.6) is 5.75 Å². The minimum Gasteiger partial charge on any atom is -0.496 e. The van der Waals surface area contributed by atoms with E-state index in [-0.39, 0.29) is 17.1 Å². The number of ether oxygens (including phenoxy) is 2. The van der Waals surface area contributed by atoms with E-state index in [0.717, 1.165) is 6.08 Å². The first-order chi connectivity index (χ1) is 12.4. The van der Waals surface area contributed by atoms with Crippen LogP contribution in [0.2, 0.25) is 0 Å². The first-order valence-corrected chi connectivity index (χ1v) is 7.91. The van der Waals surface area contributed by atoms with Gasteiger partial charge < -0.3 is 19.2 Å². The number of benzene rings is 1. The van der Waals surface area contributed by atoms with Gasteiger partial charge in [0.2, 0.25) is 0 Å². The lowest BCUT2D eigenvalue weighted by atomic mass is 10.2. The van der Waals surface area contributed by atoms with Crippen LogP contribution in [0.4, 0.5) is 11.4 Å². The zero-order chi connectivity index (χ0) is 19.1. The van der Waals surface area contributed by atoms with Gasteiger partial charge in [0.25, 0.3) is 11.6 Å². The van der Waals surface area contributed by atoms with Crippen LogP contribution in [0.1, 0.15) is 5.76 Å². The van der Waals surface area contributed by atoms with Gasteiger partial charge in [-0.25, -0.2) is 4.79 Å². The van der Waals surface area contributed by atoms with Gasteiger partial charge in [-0.2, -0.15) is 0 Å². The largest absolute Gasteiger partial charge is 0.496 e. The maximum Gasteiger partial charge on any atom is 0.331 e. The minimum absolute atomic E-state index is 0.0344. The second-order valence-electron chi connectivity index (χ2n) is 4.77. The molecule has 10 heteroatoms. The summed E-state index contributed by atoms with van der Waals surface area (Å²) in [5.74, 6) is -0.791. The first-order valence-electron chi connectivity index (χ1n) is 7.11. The van der Waals surface area contributed by atoms with Crippen molar-refractivity contribution in [2.75, 3.05) is 19.0 Å². The molecule has 0 radical (unpaired) electrons. The number of hydrogen-bond acceptors (Lipinski definition) is 7. The number of carbonyl (C=O) groups excluding carboxylic acids is 2. The zero-order valence-electron chi connectivity index (χ0n) is 13.4. The molecule has 2 rings (SSSR count). The van der Waals surface area contributed by atoms with Crippen molar-refractivity contribution in [2.24, 2.45) is 0 Å². The number of halogens is 1. The molecule has 0 bridgehead atoms. The summed E-state index contributed by atoms with van der Waals surface area (Å²) in [7, 11) is 1.37. The lowest BCUT2D eigenvalue weighted by Gasteiger charge is -2.07. The summed E-state index contributed by atoms with van der Waals surface area (Å²) < 4.78 is 15.3. The highest BCUT2D eigenvalue weighted by Gasteiger charge is 2.17. The van der Waals surface area contributed by atoms with Crippen molar-refractivity contribution in [2.45, 2.75) is 0 Å². The number of furan rings is 1. The zero-order valence-corrected chi connectivity index (χ0v) is 15.0. The van der Waals surface area contributed by atoms with Gasteiger partial charge in [0.1, 0.15) is 17.2 Å². The molecule has 0 spiro atoms. The highest BCUT2D eigenvalue weighted by molar-refractivity contribution is 9.10. The molecule has 0 fully saturated rings. The summed E-state index contributed by atoms with van der Waals surface area (Å²) in [6.45, 7) is -0.603. The topological polar surface area (TPSA) is 121 Å². The third kappa shape index (κ3) is 5.45. The first kappa shape index (κ1) is 19.2. The highest BCUT2D eigenvalue weighted by atomic mass is 79.9. The van der Waals surface area contributed by atoms with Crippen molar-refractivity contribution in [3.8, 4) is 5.75 Å². The van der Waals surface area contributed by atoms with E-state index in [1.807, 2.05) is 0 Å². The van der Waals surface area contributed by atoms with E-state index in [2.05, 4.69) is 21.2 Å². The Morgan fingerprint density at radius 3 is 2.73 bits per heavy atom. The molecule has 1 heterocycles. The molecule has 0 aliphatic heterocycles. The van der Waals surface area contributed by atoms with Gasteiger partial charge in [0.05, 0.1) is 18.1 Å². The fourth-order valence-corrected chi connectivity index (χ4v) is 2.15. The van der Waals surface area contributed by atoms with Crippen molar-refractivity contribution in [1.82, 2.24) is 0 Å². The van der Waals surface area contributed by atoms with Gasteiger partial charge in [0.15, 0.2) is 11.3 Å². The Bertz CT molecular complexity index is 860. The summed E-state index contributed by atoms with van der Waals surface area (Å²) in [6, 6.07) is 7.24. The molecule has 0 atom stereocenters. The number of rotatable bonds is 7. The molecule has 0 saturated heterocycles. The number of nitrogens with zero attached hydrogens (tertiary/aromatic N) is 1. The number of nitrogens with one attached hydrogen (secondary N) is 1. The summed E-state index contributed by atoms with van der Waals surface area (Å²) >= 11 is 3.12. The van der Waals surface area contributed by atoms with Crippen LogP contribution in [-0.2, 0) is 14.3 Å². The second kappa shape index (κ2) is 8.81. The number of nitro groups is 1. The van der Waals surface area contributed by atoms with Gasteiger partial charge >= 0.3 is 5.97 Å². The molecule has 0 saturated carbocycles. The molecule has 2 aromatic rings. The third-order valence-electron chi connectivity index (χ3n) is 3.00. The quantitative estimate of drug-likeness (QED) is 0.313. The average Bonchev–Trinajstić information content (AvgIpc) is 3.03. The second-order valence-corrected chi connectivity index (χ2v) is 5.55. The van der Waals surface area contributed by atoms with Crippen molar-refractivity contribution in [3.63, 3.8) is 0 Å². The molecule has 1 amide bonds. The van der Waals surface area contributed by atoms with Gasteiger partial charge in [0, 0.05) is 6.08 Å². The predicted octanol–water partition coefficient (Wildman–Crippen LogP) is 3.15. The Hall–Kier alpha value is -3.14. The van der Waals surface area contributed by atoms with Crippen molar-refractivity contribution in [3.05, 3.63) is 57.0 Å². The molecule has 1 aromatic heterocycles. The Morgan fingerprint density at radius 1 is 1.35 bits per heavy atom. The van der Waals surface area contributed by atoms with E-state index in [1.54, 1.807) is 12.1 Å². The molecule has 26 heavy (non-hydrogen) atoms. The summed E-state index contributed by atoms with van der Waals surface area (Å²) in [6.07, 6.45) is 2.47. The summed E-state index contributed by atoms with van der Waals surface area (Å²) in [5, 5.41) is 13.4. The van der Waals surface area contributed by atoms with E-state index in [1.165, 1.54) is 31.4 Å². The van der Waals surface area contributed by atoms with E-state index in [0.29, 0.717) is 10.4 Å². The Labute approximate surface area is 155 Å². The lowest BCUT2D eigenvalue weighted by Crippen LogP contribution is -2.20. The molecule has 9 nitrogen and oxygen atoms in total. The highest BCUT2D eigenvalue weighted by Crippen LogP contribution is 2.28. The molecule has 1 aromatic carbocycles. The van der Waals surface area contributed by atoms with E-state index in [4.69, 9.17) is 13.9 Å². The van der Waals surface area contributed by atoms with Crippen LogP contribution >= 0.6 is 15.9 Å².